The Morgan fingerprint density at radius 2 is 0.714 bits per heavy atom. The van der Waals surface area contributed by atoms with Crippen LogP contribution in [0, 0.1) is 0 Å². The normalized spacial score (nSPS) is 10.9. The van der Waals surface area contributed by atoms with E-state index in [0.29, 0.717) is 0 Å². The van der Waals surface area contributed by atoms with Gasteiger partial charge in [0.25, 0.3) is 0 Å². The third-order valence-corrected chi connectivity index (χ3v) is 0. The van der Waals surface area contributed by atoms with Gasteiger partial charge in [-0.2, -0.15) is 0 Å². The number of hydrogen-bond donors (Lipinski definition) is 0. The zero-order chi connectivity index (χ0) is 4.50. The monoisotopic (exact) mass is 525 g/mol. The van der Waals surface area contributed by atoms with Gasteiger partial charge in [-0.25, -0.2) is 0 Å². The molecule has 0 nitrogen and oxygen atoms in total. The molecule has 0 aliphatic rings. The maximum Gasteiger partial charge on any atom is 1.00 e. The minimum Gasteiger partial charge on any atom is 1.00 e. The minimum absolute atomic E-state index is 0. The van der Waals surface area contributed by atoms with Crippen molar-refractivity contribution in [2.75, 3.05) is 0 Å². The molecule has 0 aromatic rings. The van der Waals surface area contributed by atoms with Gasteiger partial charge in [0.05, 0.1) is 0 Å². The third kappa shape index (κ3) is 41.3. The van der Waals surface area contributed by atoms with Crippen LogP contribution in [0.3, 0.4) is 0 Å². The van der Waals surface area contributed by atoms with E-state index in [1.165, 1.54) is 0 Å². The van der Waals surface area contributed by atoms with E-state index in [0.717, 1.165) is 0 Å². The van der Waals surface area contributed by atoms with Crippen molar-refractivity contribution in [3.63, 3.8) is 0 Å². The molecule has 7 heavy (non-hydrogen) atoms. The van der Waals surface area contributed by atoms with Crippen LogP contribution in [0.15, 0.2) is 0 Å². The van der Waals surface area contributed by atoms with Gasteiger partial charge in [0, 0.05) is 0 Å². The molecule has 0 N–H and O–H groups in total. The molecule has 0 aromatic heterocycles. The Kier molecular flexibility index (Phi) is 19.3. The zero-order valence-electron chi connectivity index (χ0n) is 3.83. The average Bonchev–Trinajstić information content (AvgIpc) is 0.722. The molecule has 0 spiro atoms. The van der Waals surface area contributed by atoms with Gasteiger partial charge >= 0.3 is 98.7 Å². The van der Waals surface area contributed by atoms with E-state index < -0.39 is 7.84 Å². The maximum absolute atomic E-state index is 3.31. The molecule has 0 saturated heterocycles. The van der Waals surface area contributed by atoms with Crippen molar-refractivity contribution in [1.29, 1.82) is 0 Å². The fourth-order valence-corrected chi connectivity index (χ4v) is 0. The van der Waals surface area contributed by atoms with Gasteiger partial charge in [-0.1, -0.05) is 0 Å². The molecule has 0 unspecified atom stereocenters. The van der Waals surface area contributed by atoms with E-state index in [-0.39, 0.29) is 37.7 Å². The van der Waals surface area contributed by atoms with Gasteiger partial charge in [-0.15, -0.1) is 0 Å². The summed E-state index contributed by atoms with van der Waals surface area (Å²) in [7, 11) is -1.69. The Balaban J connectivity index is -0.0000000800. The van der Waals surface area contributed by atoms with Crippen molar-refractivity contribution in [2.45, 2.75) is 0 Å². The first kappa shape index (κ1) is 17.1. The molecule has 0 radical (unpaired) electrons. The second kappa shape index (κ2) is 7.91. The predicted molar refractivity (Wildman–Crippen MR) is 35.7 cm³/mol. The van der Waals surface area contributed by atoms with Crippen molar-refractivity contribution in [2.24, 2.45) is 0 Å². The minimum atomic E-state index is -1.69. The molecule has 0 saturated carbocycles. The number of rotatable bonds is 0. The van der Waals surface area contributed by atoms with Crippen molar-refractivity contribution in [1.82, 2.24) is 0 Å². The van der Waals surface area contributed by atoms with Crippen LogP contribution in [-0.2, 0) is 7.84 Å². The van der Waals surface area contributed by atoms with E-state index >= 15 is 0 Å². The Morgan fingerprint density at radius 1 is 0.714 bits per heavy atom. The molecule has 0 fully saturated rings. The van der Waals surface area contributed by atoms with Crippen molar-refractivity contribution in [3.05, 3.63) is 0 Å². The Labute approximate surface area is 96.4 Å². The second-order valence-corrected chi connectivity index (χ2v) is 59.9. The van der Waals surface area contributed by atoms with Crippen LogP contribution in [0.4, 0.5) is 0 Å². The van der Waals surface area contributed by atoms with Gasteiger partial charge in [0.15, 0.2) is 0 Å². The van der Waals surface area contributed by atoms with Gasteiger partial charge < -0.3 is 0 Å². The number of hydrogen-bond acceptors (Lipinski definition) is 0. The van der Waals surface area contributed by atoms with Crippen molar-refractivity contribution < 1.29 is 45.6 Å². The summed E-state index contributed by atoms with van der Waals surface area (Å²) < 4.78 is 0. The summed E-state index contributed by atoms with van der Waals surface area (Å²) in [6, 6.07) is 0. The topological polar surface area (TPSA) is 0 Å². The molecule has 0 heterocycles. The molecule has 0 aliphatic heterocycles. The van der Waals surface area contributed by atoms with Crippen molar-refractivity contribution >= 4 is 53.2 Å². The molecule has 0 amide bonds. The van der Waals surface area contributed by atoms with Gasteiger partial charge in [-0.3, -0.25) is 0 Å². The summed E-state index contributed by atoms with van der Waals surface area (Å²) in [5, 5.41) is 0. The van der Waals surface area contributed by atoms with E-state index in [9.17, 15) is 0 Å². The van der Waals surface area contributed by atoms with E-state index in [1.807, 2.05) is 0 Å². The quantitative estimate of drug-likeness (QED) is 0.303. The standard InChI is InChI=1S/4BrH.2Li.Pt/h4*1H;;;/q;;;;2*+1;+2/p-4. The summed E-state index contributed by atoms with van der Waals surface area (Å²) in [6.45, 7) is 0. The SMILES string of the molecule is [Br][Pt-2]([Br])([Br])[Br].[Li+].[Li+]. The largest absolute Gasteiger partial charge is 1.00 e. The average molecular weight is 529 g/mol. The third-order valence-electron chi connectivity index (χ3n) is 0. The van der Waals surface area contributed by atoms with E-state index in [1.54, 1.807) is 0 Å². The molecular weight excluding hydrogens is 529 g/mol. The van der Waals surface area contributed by atoms with Crippen LogP contribution in [0.25, 0.3) is 0 Å². The second-order valence-electron chi connectivity index (χ2n) is 0.271. The summed E-state index contributed by atoms with van der Waals surface area (Å²) in [6.07, 6.45) is 0. The van der Waals surface area contributed by atoms with Crippen LogP contribution in [-0.4, -0.2) is 0 Å². The van der Waals surface area contributed by atoms with E-state index in [4.69, 9.17) is 0 Å². The van der Waals surface area contributed by atoms with Crippen LogP contribution in [0.5, 0.6) is 0 Å². The van der Waals surface area contributed by atoms with Gasteiger partial charge in [0.1, 0.15) is 0 Å². The van der Waals surface area contributed by atoms with Crippen LogP contribution < -0.4 is 37.7 Å². The molecule has 0 aliphatic carbocycles. The molecule has 7 heteroatoms. The molecular formula is Br4Li2Pt. The summed E-state index contributed by atoms with van der Waals surface area (Å²) in [5.41, 5.74) is 0. The van der Waals surface area contributed by atoms with Gasteiger partial charge in [0.2, 0.25) is 0 Å². The van der Waals surface area contributed by atoms with Crippen LogP contribution >= 0.6 is 53.2 Å². The number of halogens is 4. The molecule has 0 atom stereocenters. The zero-order valence-corrected chi connectivity index (χ0v) is 12.4. The molecule has 0 aromatic carbocycles. The van der Waals surface area contributed by atoms with E-state index in [2.05, 4.69) is 53.2 Å². The fourth-order valence-electron chi connectivity index (χ4n) is 0. The van der Waals surface area contributed by atoms with Crippen molar-refractivity contribution in [3.8, 4) is 0 Å². The predicted octanol–water partition coefficient (Wildman–Crippen LogP) is -2.61. The molecule has 0 bridgehead atoms. The first-order valence-electron chi connectivity index (χ1n) is 0.478. The summed E-state index contributed by atoms with van der Waals surface area (Å²) >= 11 is 13.2. The van der Waals surface area contributed by atoms with Crippen LogP contribution in [0.1, 0.15) is 0 Å². The summed E-state index contributed by atoms with van der Waals surface area (Å²) in [4.78, 5) is 0. The molecule has 40 valence electrons. The maximum atomic E-state index is 3.31. The Hall–Kier alpha value is 3.80. The first-order chi connectivity index (χ1) is 2.00. The Morgan fingerprint density at radius 3 is 0.714 bits per heavy atom. The van der Waals surface area contributed by atoms with Gasteiger partial charge in [-0.05, 0) is 0 Å². The first-order valence-corrected chi connectivity index (χ1v) is 20.3. The summed E-state index contributed by atoms with van der Waals surface area (Å²) in [5.74, 6) is 0. The smallest absolute Gasteiger partial charge is 1.00 e. The fraction of sp³-hybridized carbons (Fsp3) is 0. The van der Waals surface area contributed by atoms with Crippen LogP contribution in [0.2, 0.25) is 0 Å². The molecule has 0 rings (SSSR count). The Bertz CT molecular complexity index is 25.2.